The number of benzene rings is 1. The number of ether oxygens (including phenoxy) is 1. The normalized spacial score (nSPS) is 11.9. The maximum atomic E-state index is 9.19. The van der Waals surface area contributed by atoms with Crippen LogP contribution < -0.4 is 4.74 Å². The monoisotopic (exact) mass is 217 g/mol. The average molecular weight is 217 g/mol. The third kappa shape index (κ3) is 2.55. The Kier molecular flexibility index (Phi) is 4.37. The smallest absolute Gasteiger partial charge is 0.123 e. The molecular formula is C14H19NO. The van der Waals surface area contributed by atoms with Crippen molar-refractivity contribution in [3.05, 3.63) is 28.8 Å². The molecule has 0 spiro atoms. The van der Waals surface area contributed by atoms with Gasteiger partial charge in [0.25, 0.3) is 0 Å². The van der Waals surface area contributed by atoms with Gasteiger partial charge in [0.15, 0.2) is 0 Å². The number of hydrogen-bond donors (Lipinski definition) is 0. The highest BCUT2D eigenvalue weighted by atomic mass is 16.5. The zero-order valence-corrected chi connectivity index (χ0v) is 10.5. The van der Waals surface area contributed by atoms with Gasteiger partial charge in [0.05, 0.1) is 19.1 Å². The van der Waals surface area contributed by atoms with E-state index in [1.165, 1.54) is 11.1 Å². The van der Waals surface area contributed by atoms with E-state index in [9.17, 15) is 5.26 Å². The van der Waals surface area contributed by atoms with Gasteiger partial charge in [0.1, 0.15) is 5.75 Å². The molecule has 0 saturated carbocycles. The first-order valence-electron chi connectivity index (χ1n) is 5.68. The Labute approximate surface area is 97.9 Å². The van der Waals surface area contributed by atoms with E-state index in [4.69, 9.17) is 4.74 Å². The summed E-state index contributed by atoms with van der Waals surface area (Å²) in [6, 6.07) is 6.46. The summed E-state index contributed by atoms with van der Waals surface area (Å²) in [7, 11) is 1.66. The molecule has 86 valence electrons. The molecule has 0 aliphatic carbocycles. The van der Waals surface area contributed by atoms with Crippen molar-refractivity contribution in [2.45, 2.75) is 39.5 Å². The molecule has 1 atom stereocenters. The van der Waals surface area contributed by atoms with Gasteiger partial charge in [-0.25, -0.2) is 0 Å². The lowest BCUT2D eigenvalue weighted by molar-refractivity contribution is 0.406. The molecule has 1 aromatic carbocycles. The van der Waals surface area contributed by atoms with Crippen LogP contribution >= 0.6 is 0 Å². The molecule has 2 nitrogen and oxygen atoms in total. The quantitative estimate of drug-likeness (QED) is 0.770. The summed E-state index contributed by atoms with van der Waals surface area (Å²) in [5.74, 6) is 0.780. The van der Waals surface area contributed by atoms with Gasteiger partial charge in [-0.05, 0) is 37.5 Å². The fraction of sp³-hybridized carbons (Fsp3) is 0.500. The molecule has 1 unspecified atom stereocenters. The summed E-state index contributed by atoms with van der Waals surface area (Å²) < 4.78 is 5.36. The first-order valence-corrected chi connectivity index (χ1v) is 5.68. The highest BCUT2D eigenvalue weighted by Gasteiger charge is 2.15. The third-order valence-electron chi connectivity index (χ3n) is 2.95. The minimum Gasteiger partial charge on any atom is -0.496 e. The molecule has 0 amide bonds. The summed E-state index contributed by atoms with van der Waals surface area (Å²) in [5, 5.41) is 9.19. The molecule has 1 aromatic rings. The topological polar surface area (TPSA) is 33.0 Å². The Morgan fingerprint density at radius 1 is 1.31 bits per heavy atom. The van der Waals surface area contributed by atoms with Gasteiger partial charge >= 0.3 is 0 Å². The maximum Gasteiger partial charge on any atom is 0.123 e. The molecule has 0 radical (unpaired) electrons. The van der Waals surface area contributed by atoms with E-state index < -0.39 is 0 Å². The van der Waals surface area contributed by atoms with Crippen LogP contribution in [0.15, 0.2) is 12.1 Å². The number of methoxy groups -OCH3 is 1. The molecule has 0 fully saturated rings. The molecule has 1 rings (SSSR count). The number of rotatable bonds is 4. The highest BCUT2D eigenvalue weighted by molar-refractivity contribution is 5.45. The molecule has 0 bridgehead atoms. The Bertz CT molecular complexity index is 404. The van der Waals surface area contributed by atoms with Crippen LogP contribution in [0.25, 0.3) is 0 Å². The number of nitriles is 1. The lowest BCUT2D eigenvalue weighted by atomic mass is 9.92. The van der Waals surface area contributed by atoms with Gasteiger partial charge in [0.2, 0.25) is 0 Å². The fourth-order valence-electron chi connectivity index (χ4n) is 1.84. The van der Waals surface area contributed by atoms with Gasteiger partial charge in [-0.3, -0.25) is 0 Å². The Morgan fingerprint density at radius 2 is 1.94 bits per heavy atom. The minimum absolute atomic E-state index is 0.0563. The molecule has 0 N–H and O–H groups in total. The zero-order chi connectivity index (χ0) is 12.1. The van der Waals surface area contributed by atoms with E-state index in [-0.39, 0.29) is 5.92 Å². The highest BCUT2D eigenvalue weighted by Crippen LogP contribution is 2.31. The predicted octanol–water partition coefficient (Wildman–Crippen LogP) is 3.72. The van der Waals surface area contributed by atoms with Crippen LogP contribution in [0, 0.1) is 25.2 Å². The lowest BCUT2D eigenvalue weighted by Crippen LogP contribution is -2.01. The average Bonchev–Trinajstić information content (AvgIpc) is 2.29. The number of hydrogen-bond acceptors (Lipinski definition) is 2. The van der Waals surface area contributed by atoms with Crippen LogP contribution in [0.1, 0.15) is 42.4 Å². The predicted molar refractivity (Wildman–Crippen MR) is 65.7 cm³/mol. The van der Waals surface area contributed by atoms with Crippen molar-refractivity contribution in [3.63, 3.8) is 0 Å². The van der Waals surface area contributed by atoms with E-state index in [2.05, 4.69) is 32.9 Å². The van der Waals surface area contributed by atoms with Crippen LogP contribution in [0.5, 0.6) is 5.75 Å². The van der Waals surface area contributed by atoms with Crippen LogP contribution in [0.4, 0.5) is 0 Å². The van der Waals surface area contributed by atoms with E-state index in [1.807, 2.05) is 6.07 Å². The molecule has 16 heavy (non-hydrogen) atoms. The number of aryl methyl sites for hydroxylation is 2. The van der Waals surface area contributed by atoms with Crippen molar-refractivity contribution in [3.8, 4) is 11.8 Å². The summed E-state index contributed by atoms with van der Waals surface area (Å²) in [5.41, 5.74) is 3.44. The lowest BCUT2D eigenvalue weighted by Gasteiger charge is -2.15. The van der Waals surface area contributed by atoms with Crippen LogP contribution in [0.3, 0.4) is 0 Å². The second kappa shape index (κ2) is 5.55. The minimum atomic E-state index is -0.0563. The summed E-state index contributed by atoms with van der Waals surface area (Å²) in [6.45, 7) is 6.22. The summed E-state index contributed by atoms with van der Waals surface area (Å²) in [4.78, 5) is 0. The van der Waals surface area contributed by atoms with E-state index >= 15 is 0 Å². The van der Waals surface area contributed by atoms with Crippen molar-refractivity contribution in [1.82, 2.24) is 0 Å². The standard InChI is InChI=1S/C14H19NO/c1-5-6-12(9-15)13-7-10(2)11(3)8-14(13)16-4/h7-8,12H,5-6H2,1-4H3. The van der Waals surface area contributed by atoms with Crippen molar-refractivity contribution >= 4 is 0 Å². The molecule has 0 saturated heterocycles. The molecule has 0 aliphatic heterocycles. The molecule has 0 aromatic heterocycles. The summed E-state index contributed by atoms with van der Waals surface area (Å²) in [6.07, 6.45) is 1.89. The van der Waals surface area contributed by atoms with Gasteiger partial charge in [-0.1, -0.05) is 19.4 Å². The number of nitrogens with zero attached hydrogens (tertiary/aromatic N) is 1. The molecule has 2 heteroatoms. The molecular weight excluding hydrogens is 198 g/mol. The van der Waals surface area contributed by atoms with Crippen molar-refractivity contribution in [2.75, 3.05) is 7.11 Å². The first kappa shape index (κ1) is 12.6. The second-order valence-electron chi connectivity index (χ2n) is 4.15. The SMILES string of the molecule is CCCC(C#N)c1cc(C)c(C)cc1OC. The van der Waals surface area contributed by atoms with Crippen LogP contribution in [-0.4, -0.2) is 7.11 Å². The molecule has 0 heterocycles. The van der Waals surface area contributed by atoms with Gasteiger partial charge < -0.3 is 4.74 Å². The first-order chi connectivity index (χ1) is 7.63. The summed E-state index contributed by atoms with van der Waals surface area (Å²) >= 11 is 0. The van der Waals surface area contributed by atoms with Crippen LogP contribution in [0.2, 0.25) is 0 Å². The van der Waals surface area contributed by atoms with E-state index in [0.29, 0.717) is 0 Å². The van der Waals surface area contributed by atoms with Gasteiger partial charge in [-0.15, -0.1) is 0 Å². The van der Waals surface area contributed by atoms with Crippen molar-refractivity contribution in [1.29, 1.82) is 5.26 Å². The zero-order valence-electron chi connectivity index (χ0n) is 10.5. The Balaban J connectivity index is 3.20. The fourth-order valence-corrected chi connectivity index (χ4v) is 1.84. The van der Waals surface area contributed by atoms with E-state index in [0.717, 1.165) is 24.2 Å². The van der Waals surface area contributed by atoms with Gasteiger partial charge in [0, 0.05) is 5.56 Å². The maximum absolute atomic E-state index is 9.19. The Hall–Kier alpha value is -1.49. The Morgan fingerprint density at radius 3 is 2.44 bits per heavy atom. The molecule has 0 aliphatic rings. The van der Waals surface area contributed by atoms with Gasteiger partial charge in [-0.2, -0.15) is 5.26 Å². The van der Waals surface area contributed by atoms with Crippen molar-refractivity contribution < 1.29 is 4.74 Å². The third-order valence-corrected chi connectivity index (χ3v) is 2.95. The van der Waals surface area contributed by atoms with Crippen LogP contribution in [-0.2, 0) is 0 Å². The van der Waals surface area contributed by atoms with E-state index in [1.54, 1.807) is 7.11 Å². The van der Waals surface area contributed by atoms with Crippen molar-refractivity contribution in [2.24, 2.45) is 0 Å². The largest absolute Gasteiger partial charge is 0.496 e. The second-order valence-corrected chi connectivity index (χ2v) is 4.15.